The summed E-state index contributed by atoms with van der Waals surface area (Å²) in [6, 6.07) is 18.5. The fraction of sp³-hybridized carbons (Fsp3) is 0.261. The zero-order chi connectivity index (χ0) is 19.8. The van der Waals surface area contributed by atoms with Gasteiger partial charge in [-0.25, -0.2) is 5.01 Å². The molecule has 3 aromatic rings. The highest BCUT2D eigenvalue weighted by Gasteiger charge is 2.41. The van der Waals surface area contributed by atoms with E-state index in [-0.39, 0.29) is 12.3 Å². The van der Waals surface area contributed by atoms with Crippen molar-refractivity contribution >= 4 is 17.0 Å². The molecule has 2 atom stereocenters. The molecule has 0 N–H and O–H groups in total. The van der Waals surface area contributed by atoms with E-state index in [2.05, 4.69) is 34.7 Å². The van der Waals surface area contributed by atoms with Gasteiger partial charge in [-0.15, -0.1) is 11.3 Å². The van der Waals surface area contributed by atoms with Gasteiger partial charge >= 0.3 is 0 Å². The first-order chi connectivity index (χ1) is 14.3. The van der Waals surface area contributed by atoms with Gasteiger partial charge in [0.1, 0.15) is 5.75 Å². The number of ether oxygens (including phenoxy) is 3. The molecule has 0 unspecified atom stereocenters. The molecular formula is C23H22N2O3S. The molecule has 2 aliphatic rings. The van der Waals surface area contributed by atoms with E-state index in [0.717, 1.165) is 23.4 Å². The van der Waals surface area contributed by atoms with Crippen LogP contribution in [-0.2, 0) is 0 Å². The molecule has 2 aromatic carbocycles. The molecule has 5 nitrogen and oxygen atoms in total. The number of hydrogen-bond acceptors (Lipinski definition) is 6. The van der Waals surface area contributed by atoms with E-state index in [0.29, 0.717) is 18.1 Å². The molecule has 29 heavy (non-hydrogen) atoms. The lowest BCUT2D eigenvalue weighted by molar-refractivity contribution is -0.0191. The van der Waals surface area contributed by atoms with Crippen LogP contribution >= 0.6 is 11.3 Å². The van der Waals surface area contributed by atoms with Crippen LogP contribution in [0.4, 0.5) is 0 Å². The average Bonchev–Trinajstić information content (AvgIpc) is 3.43. The first kappa shape index (κ1) is 18.1. The highest BCUT2D eigenvalue weighted by Crippen LogP contribution is 2.48. The maximum absolute atomic E-state index is 6.43. The minimum absolute atomic E-state index is 0.152. The molecule has 0 bridgehead atoms. The fourth-order valence-electron chi connectivity index (χ4n) is 3.96. The lowest BCUT2D eigenvalue weighted by Crippen LogP contribution is -2.33. The van der Waals surface area contributed by atoms with Crippen LogP contribution in [0.5, 0.6) is 17.2 Å². The van der Waals surface area contributed by atoms with Crippen LogP contribution in [0.3, 0.4) is 0 Å². The Hall–Kier alpha value is -2.99. The fourth-order valence-corrected chi connectivity index (χ4v) is 4.68. The van der Waals surface area contributed by atoms with Crippen LogP contribution in [0.25, 0.3) is 0 Å². The van der Waals surface area contributed by atoms with Gasteiger partial charge in [0.25, 0.3) is 0 Å². The molecule has 0 radical (unpaired) electrons. The van der Waals surface area contributed by atoms with E-state index in [1.54, 1.807) is 18.4 Å². The molecule has 5 rings (SSSR count). The van der Waals surface area contributed by atoms with Crippen molar-refractivity contribution in [1.29, 1.82) is 0 Å². The van der Waals surface area contributed by atoms with Gasteiger partial charge in [0.15, 0.2) is 11.5 Å². The predicted octanol–water partition coefficient (Wildman–Crippen LogP) is 5.40. The molecule has 2 aliphatic heterocycles. The first-order valence-corrected chi connectivity index (χ1v) is 10.6. The predicted molar refractivity (Wildman–Crippen MR) is 114 cm³/mol. The van der Waals surface area contributed by atoms with Crippen molar-refractivity contribution in [2.24, 2.45) is 5.10 Å². The first-order valence-electron chi connectivity index (χ1n) is 9.74. The highest BCUT2D eigenvalue weighted by atomic mass is 32.1. The summed E-state index contributed by atoms with van der Waals surface area (Å²) < 4.78 is 17.7. The third kappa shape index (κ3) is 3.13. The van der Waals surface area contributed by atoms with Crippen molar-refractivity contribution in [3.05, 3.63) is 76.0 Å². The largest absolute Gasteiger partial charge is 0.493 e. The van der Waals surface area contributed by atoms with Crippen LogP contribution in [0.1, 0.15) is 41.6 Å². The summed E-state index contributed by atoms with van der Waals surface area (Å²) in [5.41, 5.74) is 3.27. The second kappa shape index (κ2) is 7.44. The summed E-state index contributed by atoms with van der Waals surface area (Å²) in [4.78, 5) is 1.21. The van der Waals surface area contributed by atoms with Gasteiger partial charge in [0.2, 0.25) is 6.23 Å². The van der Waals surface area contributed by atoms with Gasteiger partial charge in [-0.2, -0.15) is 5.10 Å². The number of para-hydroxylation sites is 1. The highest BCUT2D eigenvalue weighted by molar-refractivity contribution is 7.12. The summed E-state index contributed by atoms with van der Waals surface area (Å²) in [6.07, 6.45) is 0.545. The Morgan fingerprint density at radius 2 is 2.03 bits per heavy atom. The Morgan fingerprint density at radius 3 is 2.83 bits per heavy atom. The van der Waals surface area contributed by atoms with Gasteiger partial charge in [0.05, 0.1) is 30.3 Å². The molecule has 0 saturated carbocycles. The average molecular weight is 407 g/mol. The van der Waals surface area contributed by atoms with E-state index < -0.39 is 0 Å². The van der Waals surface area contributed by atoms with E-state index in [1.165, 1.54) is 10.4 Å². The van der Waals surface area contributed by atoms with E-state index >= 15 is 0 Å². The summed E-state index contributed by atoms with van der Waals surface area (Å²) in [5.74, 6) is 2.34. The molecule has 0 fully saturated rings. The molecule has 0 spiro atoms. The van der Waals surface area contributed by atoms with Crippen molar-refractivity contribution in [2.45, 2.75) is 25.6 Å². The zero-order valence-electron chi connectivity index (χ0n) is 16.4. The van der Waals surface area contributed by atoms with Gasteiger partial charge in [-0.05, 0) is 42.6 Å². The monoisotopic (exact) mass is 406 g/mol. The smallest absolute Gasteiger partial charge is 0.214 e. The number of thiophene rings is 1. The van der Waals surface area contributed by atoms with Crippen LogP contribution in [-0.4, -0.2) is 24.4 Å². The molecular weight excluding hydrogens is 384 g/mol. The van der Waals surface area contributed by atoms with Crippen molar-refractivity contribution in [1.82, 2.24) is 5.01 Å². The normalized spacial score (nSPS) is 19.8. The van der Waals surface area contributed by atoms with Crippen molar-refractivity contribution in [2.75, 3.05) is 13.7 Å². The van der Waals surface area contributed by atoms with Crippen molar-refractivity contribution in [3.8, 4) is 17.2 Å². The standard InChI is InChI=1S/C23H22N2O3S/c1-3-27-21-13-15(10-11-20(21)26-2)23-25-18(16-7-4-5-8-19(16)28-23)14-17(24-25)22-9-6-12-29-22/h4-13,18,23H,3,14H2,1-2H3/t18-,23+/m1/s1. The topological polar surface area (TPSA) is 43.3 Å². The lowest BCUT2D eigenvalue weighted by atomic mass is 9.97. The minimum Gasteiger partial charge on any atom is -0.493 e. The summed E-state index contributed by atoms with van der Waals surface area (Å²) in [6.45, 7) is 2.54. The number of fused-ring (bicyclic) bond motifs is 3. The van der Waals surface area contributed by atoms with E-state index in [9.17, 15) is 0 Å². The molecule has 6 heteroatoms. The van der Waals surface area contributed by atoms with Gasteiger partial charge in [-0.1, -0.05) is 24.3 Å². The Labute approximate surface area is 174 Å². The molecule has 1 aromatic heterocycles. The Morgan fingerprint density at radius 1 is 1.14 bits per heavy atom. The minimum atomic E-state index is -0.322. The molecule has 3 heterocycles. The number of benzene rings is 2. The SMILES string of the molecule is CCOc1cc([C@@H]2Oc3ccccc3[C@H]3CC(c4cccs4)=NN32)ccc1OC. The Balaban J connectivity index is 1.58. The number of hydrogen-bond donors (Lipinski definition) is 0. The van der Waals surface area contributed by atoms with Gasteiger partial charge < -0.3 is 14.2 Å². The maximum atomic E-state index is 6.43. The number of methoxy groups -OCH3 is 1. The van der Waals surface area contributed by atoms with Gasteiger partial charge in [-0.3, -0.25) is 0 Å². The molecule has 148 valence electrons. The van der Waals surface area contributed by atoms with Crippen LogP contribution in [0.15, 0.2) is 65.1 Å². The Bertz CT molecular complexity index is 1050. The van der Waals surface area contributed by atoms with Crippen molar-refractivity contribution < 1.29 is 14.2 Å². The van der Waals surface area contributed by atoms with Gasteiger partial charge in [0, 0.05) is 17.5 Å². The summed E-state index contributed by atoms with van der Waals surface area (Å²) >= 11 is 1.72. The quantitative estimate of drug-likeness (QED) is 0.569. The van der Waals surface area contributed by atoms with Crippen LogP contribution in [0.2, 0.25) is 0 Å². The molecule has 0 saturated heterocycles. The molecule has 0 aliphatic carbocycles. The maximum Gasteiger partial charge on any atom is 0.214 e. The number of nitrogens with zero attached hydrogens (tertiary/aromatic N) is 2. The Kier molecular flexibility index (Phi) is 4.64. The third-order valence-electron chi connectivity index (χ3n) is 5.28. The second-order valence-corrected chi connectivity index (χ2v) is 7.92. The third-order valence-corrected chi connectivity index (χ3v) is 6.20. The van der Waals surface area contributed by atoms with E-state index in [1.807, 2.05) is 37.3 Å². The second-order valence-electron chi connectivity index (χ2n) is 6.98. The number of hydrazone groups is 1. The zero-order valence-corrected chi connectivity index (χ0v) is 17.2. The number of rotatable bonds is 5. The summed E-state index contributed by atoms with van der Waals surface area (Å²) in [5, 5.41) is 9.18. The summed E-state index contributed by atoms with van der Waals surface area (Å²) in [7, 11) is 1.65. The lowest BCUT2D eigenvalue weighted by Gasteiger charge is -2.38. The van der Waals surface area contributed by atoms with Crippen LogP contribution in [0, 0.1) is 0 Å². The van der Waals surface area contributed by atoms with Crippen LogP contribution < -0.4 is 14.2 Å². The van der Waals surface area contributed by atoms with E-state index in [4.69, 9.17) is 19.3 Å². The van der Waals surface area contributed by atoms with Crippen molar-refractivity contribution in [3.63, 3.8) is 0 Å². The molecule has 0 amide bonds.